The number of likely N-dealkylation sites (tertiary alicyclic amines) is 1. The summed E-state index contributed by atoms with van der Waals surface area (Å²) in [6.07, 6.45) is 2.25. The van der Waals surface area contributed by atoms with Crippen molar-refractivity contribution in [1.82, 2.24) is 9.80 Å². The van der Waals surface area contributed by atoms with E-state index in [1.165, 1.54) is 6.42 Å². The number of hydrogen-bond acceptors (Lipinski definition) is 3. The summed E-state index contributed by atoms with van der Waals surface area (Å²) in [6, 6.07) is 6.23. The number of benzene rings is 1. The number of amides is 1. The molecular formula is C15H22N2OS. The largest absolute Gasteiger partial charge is 0.337 e. The molecular weight excluding hydrogens is 256 g/mol. The number of piperidine rings is 1. The number of carbonyl (C=O) groups excluding carboxylic acids is 1. The summed E-state index contributed by atoms with van der Waals surface area (Å²) in [7, 11) is 4.16. The summed E-state index contributed by atoms with van der Waals surface area (Å²) in [4.78, 5) is 17.6. The minimum absolute atomic E-state index is 0.139. The van der Waals surface area contributed by atoms with Gasteiger partial charge in [0.25, 0.3) is 5.91 Å². The summed E-state index contributed by atoms with van der Waals surface area (Å²) in [6.45, 7) is 3.66. The van der Waals surface area contributed by atoms with Crippen molar-refractivity contribution in [2.75, 3.05) is 27.2 Å². The van der Waals surface area contributed by atoms with E-state index in [1.54, 1.807) is 0 Å². The lowest BCUT2D eigenvalue weighted by molar-refractivity contribution is 0.0634. The molecule has 1 unspecified atom stereocenters. The van der Waals surface area contributed by atoms with Gasteiger partial charge in [0, 0.05) is 29.6 Å². The topological polar surface area (TPSA) is 23.6 Å². The summed E-state index contributed by atoms with van der Waals surface area (Å²) >= 11 is 4.33. The highest BCUT2D eigenvalue weighted by Crippen LogP contribution is 2.20. The molecule has 2 rings (SSSR count). The summed E-state index contributed by atoms with van der Waals surface area (Å²) in [5.41, 5.74) is 1.81. The summed E-state index contributed by atoms with van der Waals surface area (Å²) in [5.74, 6) is 0.139. The van der Waals surface area contributed by atoms with Crippen LogP contribution < -0.4 is 0 Å². The lowest BCUT2D eigenvalue weighted by atomic mass is 10.0. The maximum absolute atomic E-state index is 12.6. The van der Waals surface area contributed by atoms with Gasteiger partial charge in [-0.05, 0) is 51.6 Å². The van der Waals surface area contributed by atoms with Crippen LogP contribution in [-0.2, 0) is 0 Å². The third-order valence-corrected chi connectivity index (χ3v) is 4.14. The minimum atomic E-state index is 0.139. The highest BCUT2D eigenvalue weighted by Gasteiger charge is 2.26. The third kappa shape index (κ3) is 3.31. The molecule has 0 spiro atoms. The van der Waals surface area contributed by atoms with E-state index in [0.717, 1.165) is 35.5 Å². The molecule has 1 fully saturated rings. The highest BCUT2D eigenvalue weighted by atomic mass is 32.1. The quantitative estimate of drug-likeness (QED) is 0.840. The number of thiol groups is 1. The molecule has 0 N–H and O–H groups in total. The van der Waals surface area contributed by atoms with E-state index >= 15 is 0 Å². The SMILES string of the molecule is Cc1ccc(S)cc1C(=O)N1CCCC(N(C)C)C1. The maximum Gasteiger partial charge on any atom is 0.254 e. The Hall–Kier alpha value is -1.00. The molecule has 1 amide bonds. The van der Waals surface area contributed by atoms with Gasteiger partial charge < -0.3 is 9.80 Å². The number of aryl methyl sites for hydroxylation is 1. The van der Waals surface area contributed by atoms with Gasteiger partial charge in [0.05, 0.1) is 0 Å². The highest BCUT2D eigenvalue weighted by molar-refractivity contribution is 7.80. The maximum atomic E-state index is 12.6. The normalized spacial score (nSPS) is 19.8. The Morgan fingerprint density at radius 3 is 2.84 bits per heavy atom. The summed E-state index contributed by atoms with van der Waals surface area (Å²) < 4.78 is 0. The van der Waals surface area contributed by atoms with Gasteiger partial charge in [-0.2, -0.15) is 0 Å². The van der Waals surface area contributed by atoms with E-state index in [1.807, 2.05) is 30.0 Å². The molecule has 0 radical (unpaired) electrons. The predicted octanol–water partition coefficient (Wildman–Crippen LogP) is 2.45. The van der Waals surface area contributed by atoms with Crippen LogP contribution in [0.1, 0.15) is 28.8 Å². The Bertz CT molecular complexity index is 473. The van der Waals surface area contributed by atoms with Gasteiger partial charge in [0.1, 0.15) is 0 Å². The zero-order chi connectivity index (χ0) is 14.0. The fraction of sp³-hybridized carbons (Fsp3) is 0.533. The molecule has 0 aliphatic carbocycles. The van der Waals surface area contributed by atoms with E-state index in [-0.39, 0.29) is 5.91 Å². The van der Waals surface area contributed by atoms with E-state index in [2.05, 4.69) is 31.6 Å². The van der Waals surface area contributed by atoms with Gasteiger partial charge in [-0.15, -0.1) is 12.6 Å². The first-order chi connectivity index (χ1) is 8.99. The standard InChI is InChI=1S/C15H22N2OS/c1-11-6-7-13(19)9-14(11)15(18)17-8-4-5-12(10-17)16(2)3/h6-7,9,12,19H,4-5,8,10H2,1-3H3. The van der Waals surface area contributed by atoms with Crippen LogP contribution in [0, 0.1) is 6.92 Å². The lowest BCUT2D eigenvalue weighted by Crippen LogP contribution is -2.47. The van der Waals surface area contributed by atoms with Gasteiger partial charge in [-0.1, -0.05) is 6.07 Å². The Balaban J connectivity index is 2.17. The molecule has 19 heavy (non-hydrogen) atoms. The van der Waals surface area contributed by atoms with Crippen LogP contribution in [0.3, 0.4) is 0 Å². The van der Waals surface area contributed by atoms with Gasteiger partial charge in [0.15, 0.2) is 0 Å². The molecule has 4 heteroatoms. The second-order valence-electron chi connectivity index (χ2n) is 5.51. The van der Waals surface area contributed by atoms with E-state index in [0.29, 0.717) is 6.04 Å². The molecule has 1 aliphatic rings. The first kappa shape index (κ1) is 14.4. The average Bonchev–Trinajstić information content (AvgIpc) is 2.41. The zero-order valence-electron chi connectivity index (χ0n) is 11.9. The number of likely N-dealkylation sites (N-methyl/N-ethyl adjacent to an activating group) is 1. The van der Waals surface area contributed by atoms with E-state index in [9.17, 15) is 4.79 Å². The van der Waals surface area contributed by atoms with Crippen LogP contribution in [0.5, 0.6) is 0 Å². The van der Waals surface area contributed by atoms with Crippen LogP contribution in [0.15, 0.2) is 23.1 Å². The zero-order valence-corrected chi connectivity index (χ0v) is 12.8. The number of nitrogens with zero attached hydrogens (tertiary/aromatic N) is 2. The molecule has 1 saturated heterocycles. The molecule has 1 heterocycles. The predicted molar refractivity (Wildman–Crippen MR) is 81.0 cm³/mol. The molecule has 0 aromatic heterocycles. The van der Waals surface area contributed by atoms with Gasteiger partial charge >= 0.3 is 0 Å². The fourth-order valence-corrected chi connectivity index (χ4v) is 2.78. The van der Waals surface area contributed by atoms with E-state index < -0.39 is 0 Å². The molecule has 3 nitrogen and oxygen atoms in total. The van der Waals surface area contributed by atoms with Crippen molar-refractivity contribution in [3.63, 3.8) is 0 Å². The van der Waals surface area contributed by atoms with Crippen LogP contribution >= 0.6 is 12.6 Å². The molecule has 1 aliphatic heterocycles. The first-order valence-corrected chi connectivity index (χ1v) is 7.19. The Morgan fingerprint density at radius 2 is 2.16 bits per heavy atom. The average molecular weight is 278 g/mol. The second-order valence-corrected chi connectivity index (χ2v) is 6.03. The van der Waals surface area contributed by atoms with Crippen LogP contribution in [-0.4, -0.2) is 48.9 Å². The number of hydrogen-bond donors (Lipinski definition) is 1. The minimum Gasteiger partial charge on any atom is -0.337 e. The monoisotopic (exact) mass is 278 g/mol. The van der Waals surface area contributed by atoms with Gasteiger partial charge in [-0.3, -0.25) is 4.79 Å². The molecule has 0 bridgehead atoms. The molecule has 0 saturated carbocycles. The summed E-state index contributed by atoms with van der Waals surface area (Å²) in [5, 5.41) is 0. The van der Waals surface area contributed by atoms with Crippen LogP contribution in [0.4, 0.5) is 0 Å². The van der Waals surface area contributed by atoms with Gasteiger partial charge in [0.2, 0.25) is 0 Å². The van der Waals surface area contributed by atoms with Crippen molar-refractivity contribution in [1.29, 1.82) is 0 Å². The molecule has 1 aromatic carbocycles. The van der Waals surface area contributed by atoms with Crippen LogP contribution in [0.25, 0.3) is 0 Å². The van der Waals surface area contributed by atoms with Crippen molar-refractivity contribution in [2.45, 2.75) is 30.7 Å². The molecule has 1 aromatic rings. The number of rotatable bonds is 2. The second kappa shape index (κ2) is 5.97. The smallest absolute Gasteiger partial charge is 0.254 e. The Labute approximate surface area is 121 Å². The van der Waals surface area contributed by atoms with Crippen LogP contribution in [0.2, 0.25) is 0 Å². The van der Waals surface area contributed by atoms with Crippen molar-refractivity contribution in [3.05, 3.63) is 29.3 Å². The Morgan fingerprint density at radius 1 is 1.42 bits per heavy atom. The van der Waals surface area contributed by atoms with Crippen molar-refractivity contribution in [3.8, 4) is 0 Å². The van der Waals surface area contributed by atoms with Crippen molar-refractivity contribution in [2.24, 2.45) is 0 Å². The van der Waals surface area contributed by atoms with Crippen molar-refractivity contribution >= 4 is 18.5 Å². The fourth-order valence-electron chi connectivity index (χ4n) is 2.57. The number of carbonyl (C=O) groups is 1. The molecule has 1 atom stereocenters. The van der Waals surface area contributed by atoms with Gasteiger partial charge in [-0.25, -0.2) is 0 Å². The van der Waals surface area contributed by atoms with E-state index in [4.69, 9.17) is 0 Å². The Kier molecular flexibility index (Phi) is 4.53. The molecule has 104 valence electrons. The third-order valence-electron chi connectivity index (χ3n) is 3.87. The lowest BCUT2D eigenvalue weighted by Gasteiger charge is -2.36. The van der Waals surface area contributed by atoms with Crippen molar-refractivity contribution < 1.29 is 4.79 Å². The first-order valence-electron chi connectivity index (χ1n) is 6.74.